The molecule has 32 heavy (non-hydrogen) atoms. The molecule has 1 aliphatic heterocycles. The lowest BCUT2D eigenvalue weighted by molar-refractivity contribution is 0.0374. The molecule has 1 N–H and O–H groups in total. The minimum atomic E-state index is -0.378. The van der Waals surface area contributed by atoms with Crippen molar-refractivity contribution in [3.8, 4) is 11.3 Å². The lowest BCUT2D eigenvalue weighted by Crippen LogP contribution is -2.38. The van der Waals surface area contributed by atoms with Crippen molar-refractivity contribution in [3.05, 3.63) is 53.6 Å². The number of aromatic nitrogens is 3. The smallest absolute Gasteiger partial charge is 0.270 e. The molecule has 3 heterocycles. The number of rotatable bonds is 6. The van der Waals surface area contributed by atoms with E-state index in [0.717, 1.165) is 45.0 Å². The molecule has 170 valence electrons. The van der Waals surface area contributed by atoms with Gasteiger partial charge in [0.05, 0.1) is 24.6 Å². The second-order valence-electron chi connectivity index (χ2n) is 9.12. The maximum absolute atomic E-state index is 14.5. The summed E-state index contributed by atoms with van der Waals surface area (Å²) in [5, 5.41) is 7.63. The molecule has 7 nitrogen and oxygen atoms in total. The van der Waals surface area contributed by atoms with E-state index in [1.165, 1.54) is 6.07 Å². The maximum Gasteiger partial charge on any atom is 0.270 e. The van der Waals surface area contributed by atoms with Gasteiger partial charge in [-0.25, -0.2) is 13.9 Å². The molecule has 0 bridgehead atoms. The number of fused-ring (bicyclic) bond motifs is 1. The number of morpholine rings is 1. The van der Waals surface area contributed by atoms with Gasteiger partial charge in [0, 0.05) is 36.7 Å². The van der Waals surface area contributed by atoms with Gasteiger partial charge in [-0.05, 0) is 31.2 Å². The molecule has 0 aliphatic carbocycles. The van der Waals surface area contributed by atoms with Gasteiger partial charge in [-0.2, -0.15) is 5.10 Å². The number of hydrogen-bond donors (Lipinski definition) is 1. The summed E-state index contributed by atoms with van der Waals surface area (Å²) in [4.78, 5) is 20.0. The van der Waals surface area contributed by atoms with Crippen molar-refractivity contribution in [1.82, 2.24) is 24.8 Å². The number of nitrogens with zero attached hydrogens (tertiary/aromatic N) is 4. The van der Waals surface area contributed by atoms with Crippen LogP contribution in [0.1, 0.15) is 43.4 Å². The molecule has 4 rings (SSSR count). The first-order valence-electron chi connectivity index (χ1n) is 11.1. The topological polar surface area (TPSA) is 71.8 Å². The molecular formula is C24H30FN5O2. The monoisotopic (exact) mass is 439 g/mol. The van der Waals surface area contributed by atoms with Gasteiger partial charge >= 0.3 is 0 Å². The number of carbonyl (C=O) groups excluding carboxylic acids is 1. The van der Waals surface area contributed by atoms with E-state index in [4.69, 9.17) is 4.74 Å². The number of benzene rings is 1. The minimum absolute atomic E-state index is 0.211. The summed E-state index contributed by atoms with van der Waals surface area (Å²) in [6.07, 6.45) is 0.840. The van der Waals surface area contributed by atoms with E-state index in [1.807, 2.05) is 6.07 Å². The van der Waals surface area contributed by atoms with Gasteiger partial charge in [0.25, 0.3) is 5.91 Å². The average molecular weight is 440 g/mol. The van der Waals surface area contributed by atoms with Gasteiger partial charge in [-0.3, -0.25) is 9.69 Å². The summed E-state index contributed by atoms with van der Waals surface area (Å²) in [6.45, 7) is 11.0. The Kier molecular flexibility index (Phi) is 6.53. The van der Waals surface area contributed by atoms with Crippen LogP contribution < -0.4 is 5.32 Å². The van der Waals surface area contributed by atoms with Crippen LogP contribution in [0, 0.1) is 5.82 Å². The molecular weight excluding hydrogens is 409 g/mol. The van der Waals surface area contributed by atoms with Crippen molar-refractivity contribution < 1.29 is 13.9 Å². The summed E-state index contributed by atoms with van der Waals surface area (Å²) < 4.78 is 21.4. The summed E-state index contributed by atoms with van der Waals surface area (Å²) in [6, 6.07) is 9.92. The minimum Gasteiger partial charge on any atom is -0.379 e. The Balaban J connectivity index is 1.59. The third-order valence-corrected chi connectivity index (χ3v) is 5.62. The van der Waals surface area contributed by atoms with Crippen LogP contribution in [-0.2, 0) is 10.2 Å². The number of carbonyl (C=O) groups is 1. The normalized spacial score (nSPS) is 15.2. The van der Waals surface area contributed by atoms with Crippen LogP contribution in [0.4, 0.5) is 4.39 Å². The van der Waals surface area contributed by atoms with Gasteiger partial charge in [0.15, 0.2) is 5.65 Å². The quantitative estimate of drug-likeness (QED) is 0.597. The fourth-order valence-electron chi connectivity index (χ4n) is 3.73. The third-order valence-electron chi connectivity index (χ3n) is 5.62. The van der Waals surface area contributed by atoms with Crippen LogP contribution in [-0.4, -0.2) is 64.8 Å². The highest BCUT2D eigenvalue weighted by Crippen LogP contribution is 2.26. The molecule has 0 unspecified atom stereocenters. The predicted octanol–water partition coefficient (Wildman–Crippen LogP) is 3.29. The Hall–Kier alpha value is -2.84. The van der Waals surface area contributed by atoms with Crippen molar-refractivity contribution in [2.45, 2.75) is 32.6 Å². The fraction of sp³-hybridized carbons (Fsp3) is 0.458. The molecule has 1 saturated heterocycles. The zero-order valence-electron chi connectivity index (χ0n) is 18.9. The van der Waals surface area contributed by atoms with E-state index >= 15 is 0 Å². The zero-order chi connectivity index (χ0) is 22.7. The summed E-state index contributed by atoms with van der Waals surface area (Å²) in [5.41, 5.74) is 2.24. The van der Waals surface area contributed by atoms with Gasteiger partial charge in [-0.1, -0.05) is 32.9 Å². The molecule has 8 heteroatoms. The highest BCUT2D eigenvalue weighted by molar-refractivity contribution is 5.94. The van der Waals surface area contributed by atoms with E-state index in [9.17, 15) is 9.18 Å². The molecule has 1 aliphatic rings. The Morgan fingerprint density at radius 3 is 2.66 bits per heavy atom. The summed E-state index contributed by atoms with van der Waals surface area (Å²) >= 11 is 0. The van der Waals surface area contributed by atoms with Gasteiger partial charge in [0.2, 0.25) is 0 Å². The molecule has 3 aromatic rings. The molecule has 1 fully saturated rings. The van der Waals surface area contributed by atoms with E-state index in [1.54, 1.807) is 28.8 Å². The molecule has 0 atom stereocenters. The predicted molar refractivity (Wildman–Crippen MR) is 121 cm³/mol. The van der Waals surface area contributed by atoms with Crippen molar-refractivity contribution in [2.75, 3.05) is 39.4 Å². The van der Waals surface area contributed by atoms with Gasteiger partial charge in [-0.15, -0.1) is 0 Å². The molecule has 0 spiro atoms. The third kappa shape index (κ3) is 4.97. The Bertz CT molecular complexity index is 1100. The van der Waals surface area contributed by atoms with Crippen LogP contribution >= 0.6 is 0 Å². The van der Waals surface area contributed by atoms with Crippen molar-refractivity contribution in [2.24, 2.45) is 0 Å². The van der Waals surface area contributed by atoms with Gasteiger partial charge in [0.1, 0.15) is 11.5 Å². The number of hydrogen-bond acceptors (Lipinski definition) is 5. The van der Waals surface area contributed by atoms with Crippen LogP contribution in [0.5, 0.6) is 0 Å². The second-order valence-corrected chi connectivity index (χ2v) is 9.12. The molecule has 1 amide bonds. The first kappa shape index (κ1) is 22.4. The maximum atomic E-state index is 14.5. The van der Waals surface area contributed by atoms with Crippen LogP contribution in [0.3, 0.4) is 0 Å². The SMILES string of the molecule is CC(C)(C)c1cc2nc(-c3ccccc3F)cc(C(=O)NCCCN3CCOCC3)n2n1. The Morgan fingerprint density at radius 1 is 1.19 bits per heavy atom. The Morgan fingerprint density at radius 2 is 1.94 bits per heavy atom. The highest BCUT2D eigenvalue weighted by atomic mass is 19.1. The van der Waals surface area contributed by atoms with E-state index < -0.39 is 0 Å². The lowest BCUT2D eigenvalue weighted by Gasteiger charge is -2.26. The average Bonchev–Trinajstić information content (AvgIpc) is 3.22. The van der Waals surface area contributed by atoms with Crippen LogP contribution in [0.2, 0.25) is 0 Å². The standard InChI is InChI=1S/C24H30FN5O2/c1-24(2,3)21-16-22-27-19(17-7-4-5-8-18(17)25)15-20(30(22)28-21)23(31)26-9-6-10-29-11-13-32-14-12-29/h4-5,7-8,15-16H,6,9-14H2,1-3H3,(H,26,31). The first-order chi connectivity index (χ1) is 15.3. The van der Waals surface area contributed by atoms with E-state index in [-0.39, 0.29) is 17.1 Å². The van der Waals surface area contributed by atoms with Gasteiger partial charge < -0.3 is 10.1 Å². The van der Waals surface area contributed by atoms with Crippen LogP contribution in [0.25, 0.3) is 16.9 Å². The second kappa shape index (κ2) is 9.34. The van der Waals surface area contributed by atoms with Crippen molar-refractivity contribution >= 4 is 11.6 Å². The lowest BCUT2D eigenvalue weighted by atomic mass is 9.93. The van der Waals surface area contributed by atoms with E-state index in [2.05, 4.69) is 41.1 Å². The molecule has 0 saturated carbocycles. The molecule has 2 aromatic heterocycles. The fourth-order valence-corrected chi connectivity index (χ4v) is 3.73. The van der Waals surface area contributed by atoms with Crippen LogP contribution in [0.15, 0.2) is 36.4 Å². The summed E-state index contributed by atoms with van der Waals surface area (Å²) in [7, 11) is 0. The zero-order valence-corrected chi connectivity index (χ0v) is 18.9. The number of nitrogens with one attached hydrogen (secondary N) is 1. The highest BCUT2D eigenvalue weighted by Gasteiger charge is 2.22. The molecule has 1 aromatic carbocycles. The number of amides is 1. The summed E-state index contributed by atoms with van der Waals surface area (Å²) in [5.74, 6) is -0.627. The largest absolute Gasteiger partial charge is 0.379 e. The van der Waals surface area contributed by atoms with E-state index in [0.29, 0.717) is 29.1 Å². The Labute approximate surface area is 187 Å². The number of ether oxygens (including phenoxy) is 1. The van der Waals surface area contributed by atoms with Crippen molar-refractivity contribution in [1.29, 1.82) is 0 Å². The number of halogens is 1. The van der Waals surface area contributed by atoms with Crippen molar-refractivity contribution in [3.63, 3.8) is 0 Å². The first-order valence-corrected chi connectivity index (χ1v) is 11.1. The molecule has 0 radical (unpaired) electrons.